The van der Waals surface area contributed by atoms with E-state index in [1.165, 1.54) is 12.1 Å². The Bertz CT molecular complexity index is 1020. The quantitative estimate of drug-likeness (QED) is 0.763. The van der Waals surface area contributed by atoms with Gasteiger partial charge in [0.1, 0.15) is 17.3 Å². The van der Waals surface area contributed by atoms with E-state index in [1.54, 1.807) is 12.1 Å². The van der Waals surface area contributed by atoms with Crippen LogP contribution in [0.25, 0.3) is 5.70 Å². The Morgan fingerprint density at radius 2 is 1.93 bits per heavy atom. The molecule has 0 saturated heterocycles. The van der Waals surface area contributed by atoms with E-state index in [0.29, 0.717) is 5.75 Å². The second kappa shape index (κ2) is 7.41. The van der Waals surface area contributed by atoms with Gasteiger partial charge in [-0.3, -0.25) is 9.80 Å². The highest BCUT2D eigenvalue weighted by atomic mass is 19.1. The number of amides is 1. The van der Waals surface area contributed by atoms with Gasteiger partial charge >= 0.3 is 0 Å². The number of quaternary nitrogens is 1. The Labute approximate surface area is 175 Å². The van der Waals surface area contributed by atoms with Gasteiger partial charge in [-0.25, -0.2) is 9.82 Å². The fourth-order valence-electron chi connectivity index (χ4n) is 4.23. The Morgan fingerprint density at radius 3 is 2.60 bits per heavy atom. The number of benzene rings is 2. The first-order chi connectivity index (χ1) is 14.5. The molecule has 2 aliphatic heterocycles. The lowest BCUT2D eigenvalue weighted by Crippen LogP contribution is -2.89. The monoisotopic (exact) mass is 409 g/mol. The molecular formula is C23H26FN4O2+. The number of nitrogens with one attached hydrogen (secondary N) is 1. The minimum absolute atomic E-state index is 0.156. The Kier molecular flexibility index (Phi) is 4.72. The van der Waals surface area contributed by atoms with Gasteiger partial charge in [0.15, 0.2) is 5.70 Å². The number of halogens is 1. The van der Waals surface area contributed by atoms with E-state index in [-0.39, 0.29) is 23.7 Å². The molecule has 1 fully saturated rings. The molecule has 3 aliphatic rings. The average Bonchev–Trinajstić information content (AvgIpc) is 3.50. The van der Waals surface area contributed by atoms with Crippen LogP contribution in [0, 0.1) is 11.7 Å². The molecule has 3 N–H and O–H groups in total. The molecule has 156 valence electrons. The molecule has 1 aliphatic carbocycles. The highest BCUT2D eigenvalue weighted by molar-refractivity contribution is 5.98. The van der Waals surface area contributed by atoms with Crippen LogP contribution in [0.2, 0.25) is 0 Å². The number of carbonyl (C=O) groups excluding carboxylic acids is 1. The summed E-state index contributed by atoms with van der Waals surface area (Å²) in [5, 5.41) is 1.88. The van der Waals surface area contributed by atoms with E-state index in [9.17, 15) is 9.18 Å². The van der Waals surface area contributed by atoms with Gasteiger partial charge in [0.05, 0.1) is 17.5 Å². The molecule has 1 amide bonds. The zero-order valence-electron chi connectivity index (χ0n) is 17.2. The first-order valence-corrected chi connectivity index (χ1v) is 10.5. The number of hydrogen-bond acceptors (Lipinski definition) is 4. The minimum Gasteiger partial charge on any atom is -0.456 e. The number of nitrogens with zero attached hydrogens (tertiary/aromatic N) is 2. The summed E-state index contributed by atoms with van der Waals surface area (Å²) in [6.45, 7) is 2.11. The van der Waals surface area contributed by atoms with Crippen molar-refractivity contribution in [2.45, 2.75) is 38.6 Å². The number of carbonyl (C=O) groups is 1. The van der Waals surface area contributed by atoms with Gasteiger partial charge in [-0.1, -0.05) is 5.53 Å². The summed E-state index contributed by atoms with van der Waals surface area (Å²) in [7, 11) is 1.93. The summed E-state index contributed by atoms with van der Waals surface area (Å²) in [4.78, 5) is 15.0. The van der Waals surface area contributed by atoms with Crippen LogP contribution >= 0.6 is 0 Å². The van der Waals surface area contributed by atoms with Crippen LogP contribution in [-0.4, -0.2) is 24.0 Å². The highest BCUT2D eigenvalue weighted by Crippen LogP contribution is 2.44. The Balaban J connectivity index is 1.62. The standard InChI is InChI=1S/C23H25FN4O2/c1-14-3-10-19-21(28(14)23(29)15-4-5-15)12-11-18(20-13-27(2)26-25-20)22(19)30-17-8-6-16(24)7-9-17/h6-9,11-15,25-26H,3-5,10H2,1-2H3/p+1. The Hall–Kier alpha value is -2.90. The maximum absolute atomic E-state index is 13.4. The maximum atomic E-state index is 13.4. The molecule has 1 atom stereocenters. The van der Waals surface area contributed by atoms with Gasteiger partial charge in [0.25, 0.3) is 0 Å². The number of anilines is 1. The summed E-state index contributed by atoms with van der Waals surface area (Å²) in [6, 6.07) is 10.3. The van der Waals surface area contributed by atoms with Crippen molar-refractivity contribution < 1.29 is 19.3 Å². The fraction of sp³-hybridized carbons (Fsp3) is 0.348. The van der Waals surface area contributed by atoms with Crippen LogP contribution in [-0.2, 0) is 11.2 Å². The van der Waals surface area contributed by atoms with Crippen LogP contribution in [0.5, 0.6) is 11.5 Å². The summed E-state index contributed by atoms with van der Waals surface area (Å²) < 4.78 is 19.7. The van der Waals surface area contributed by atoms with Crippen LogP contribution in [0.15, 0.2) is 42.6 Å². The molecule has 7 heteroatoms. The van der Waals surface area contributed by atoms with E-state index in [0.717, 1.165) is 53.9 Å². The molecule has 0 bridgehead atoms. The molecule has 6 nitrogen and oxygen atoms in total. The third-order valence-electron chi connectivity index (χ3n) is 6.01. The van der Waals surface area contributed by atoms with Crippen molar-refractivity contribution in [3.05, 3.63) is 59.5 Å². The van der Waals surface area contributed by atoms with Gasteiger partial charge in [0, 0.05) is 24.6 Å². The Morgan fingerprint density at radius 1 is 1.17 bits per heavy atom. The van der Waals surface area contributed by atoms with Gasteiger partial charge in [-0.2, -0.15) is 0 Å². The predicted octanol–water partition coefficient (Wildman–Crippen LogP) is 2.92. The van der Waals surface area contributed by atoms with Gasteiger partial charge < -0.3 is 9.64 Å². The topological polar surface area (TPSA) is 61.4 Å². The lowest BCUT2D eigenvalue weighted by atomic mass is 9.92. The summed E-state index contributed by atoms with van der Waals surface area (Å²) in [5.41, 5.74) is 8.99. The zero-order chi connectivity index (χ0) is 20.8. The molecule has 0 spiro atoms. The summed E-state index contributed by atoms with van der Waals surface area (Å²) in [5.74, 6) is 1.38. The first-order valence-electron chi connectivity index (χ1n) is 10.5. The number of hydrazine groups is 1. The molecule has 2 heterocycles. The van der Waals surface area contributed by atoms with E-state index in [2.05, 4.69) is 12.5 Å². The summed E-state index contributed by atoms with van der Waals surface area (Å²) >= 11 is 0. The number of fused-ring (bicyclic) bond motifs is 1. The minimum atomic E-state index is -0.301. The predicted molar refractivity (Wildman–Crippen MR) is 112 cm³/mol. The van der Waals surface area contributed by atoms with E-state index < -0.39 is 0 Å². The van der Waals surface area contributed by atoms with Crippen LogP contribution in [0.1, 0.15) is 37.3 Å². The molecule has 0 aromatic heterocycles. The summed E-state index contributed by atoms with van der Waals surface area (Å²) in [6.07, 6.45) is 5.67. The molecule has 1 saturated carbocycles. The largest absolute Gasteiger partial charge is 0.456 e. The number of hydrogen-bond donors (Lipinski definition) is 2. The van der Waals surface area contributed by atoms with Gasteiger partial charge in [-0.05, 0) is 69.0 Å². The third kappa shape index (κ3) is 3.44. The number of ether oxygens (including phenoxy) is 1. The van der Waals surface area contributed by atoms with Crippen molar-refractivity contribution >= 4 is 17.3 Å². The van der Waals surface area contributed by atoms with Gasteiger partial charge in [-0.15, -0.1) is 0 Å². The van der Waals surface area contributed by atoms with Crippen LogP contribution < -0.4 is 20.6 Å². The smallest absolute Gasteiger partial charge is 0.230 e. The average molecular weight is 409 g/mol. The molecule has 1 unspecified atom stereocenters. The van der Waals surface area contributed by atoms with Crippen LogP contribution in [0.4, 0.5) is 10.1 Å². The maximum Gasteiger partial charge on any atom is 0.230 e. The lowest BCUT2D eigenvalue weighted by molar-refractivity contribution is -0.639. The second-order valence-electron chi connectivity index (χ2n) is 8.33. The molecule has 5 rings (SSSR count). The molecule has 30 heavy (non-hydrogen) atoms. The SMILES string of the molecule is CC1CCc2c(ccc(C3=CN(C)N[NH2+]3)c2Oc2ccc(F)cc2)N1C(=O)C1CC1. The van der Waals surface area contributed by atoms with Crippen molar-refractivity contribution in [3.63, 3.8) is 0 Å². The van der Waals surface area contributed by atoms with E-state index in [4.69, 9.17) is 4.74 Å². The van der Waals surface area contributed by atoms with Crippen molar-refractivity contribution in [1.82, 2.24) is 10.5 Å². The second-order valence-corrected chi connectivity index (χ2v) is 8.33. The van der Waals surface area contributed by atoms with E-state index >= 15 is 0 Å². The molecule has 2 aromatic carbocycles. The number of nitrogens with two attached hydrogens (primary N) is 1. The third-order valence-corrected chi connectivity index (χ3v) is 6.01. The zero-order valence-corrected chi connectivity index (χ0v) is 17.2. The van der Waals surface area contributed by atoms with E-state index in [1.807, 2.05) is 40.7 Å². The number of rotatable bonds is 4. The van der Waals surface area contributed by atoms with Crippen molar-refractivity contribution in [2.24, 2.45) is 5.92 Å². The van der Waals surface area contributed by atoms with Gasteiger partial charge in [0.2, 0.25) is 5.91 Å². The first kappa shape index (κ1) is 19.1. The molecular weight excluding hydrogens is 383 g/mol. The molecule has 2 aromatic rings. The highest BCUT2D eigenvalue weighted by Gasteiger charge is 2.39. The van der Waals surface area contributed by atoms with Crippen molar-refractivity contribution in [1.29, 1.82) is 0 Å². The van der Waals surface area contributed by atoms with Crippen molar-refractivity contribution in [2.75, 3.05) is 11.9 Å². The molecule has 0 radical (unpaired) electrons. The normalized spacial score (nSPS) is 20.8. The fourth-order valence-corrected chi connectivity index (χ4v) is 4.23. The van der Waals surface area contributed by atoms with Crippen LogP contribution in [0.3, 0.4) is 0 Å². The lowest BCUT2D eigenvalue weighted by Gasteiger charge is -2.36. The van der Waals surface area contributed by atoms with Crippen molar-refractivity contribution in [3.8, 4) is 11.5 Å².